The Kier molecular flexibility index (Phi) is 6.23. The molecule has 0 aliphatic rings. The molecule has 0 spiro atoms. The zero-order valence-corrected chi connectivity index (χ0v) is 11.6. The maximum atomic E-state index is 3.60. The van der Waals surface area contributed by atoms with E-state index in [0.29, 0.717) is 12.0 Å². The minimum absolute atomic E-state index is 0.454. The largest absolute Gasteiger partial charge is 0.310 e. The number of nitrogens with zero attached hydrogens (tertiary/aromatic N) is 1. The molecule has 2 nitrogen and oxygen atoms in total. The summed E-state index contributed by atoms with van der Waals surface area (Å²) in [4.78, 5) is 2.37. The van der Waals surface area contributed by atoms with Crippen LogP contribution in [0, 0.1) is 5.92 Å². The average Bonchev–Trinajstić information content (AvgIpc) is 2.36. The van der Waals surface area contributed by atoms with Crippen LogP contribution in [0.4, 0.5) is 0 Å². The van der Waals surface area contributed by atoms with Gasteiger partial charge in [0.25, 0.3) is 0 Å². The second kappa shape index (κ2) is 7.46. The molecule has 17 heavy (non-hydrogen) atoms. The van der Waals surface area contributed by atoms with E-state index in [-0.39, 0.29) is 0 Å². The summed E-state index contributed by atoms with van der Waals surface area (Å²) in [6.07, 6.45) is 0. The Labute approximate surface area is 106 Å². The average molecular weight is 234 g/mol. The summed E-state index contributed by atoms with van der Waals surface area (Å²) in [6, 6.07) is 11.2. The number of benzene rings is 1. The molecule has 2 unspecified atom stereocenters. The highest BCUT2D eigenvalue weighted by Crippen LogP contribution is 2.22. The molecule has 1 rings (SSSR count). The molecule has 0 heterocycles. The van der Waals surface area contributed by atoms with E-state index < -0.39 is 0 Å². The van der Waals surface area contributed by atoms with Gasteiger partial charge in [0.1, 0.15) is 0 Å². The van der Waals surface area contributed by atoms with Crippen molar-refractivity contribution in [1.82, 2.24) is 10.2 Å². The number of hydrogen-bond acceptors (Lipinski definition) is 2. The molecule has 0 fully saturated rings. The van der Waals surface area contributed by atoms with Crippen LogP contribution in [0.3, 0.4) is 0 Å². The van der Waals surface area contributed by atoms with Crippen LogP contribution in [0.25, 0.3) is 0 Å². The number of hydrogen-bond donors (Lipinski definition) is 1. The Hall–Kier alpha value is -0.860. The zero-order chi connectivity index (χ0) is 12.7. The van der Waals surface area contributed by atoms with Gasteiger partial charge in [-0.25, -0.2) is 0 Å². The van der Waals surface area contributed by atoms with Gasteiger partial charge in [-0.1, -0.05) is 51.1 Å². The molecule has 2 atom stereocenters. The van der Waals surface area contributed by atoms with E-state index in [9.17, 15) is 0 Å². The summed E-state index contributed by atoms with van der Waals surface area (Å²) in [5, 5.41) is 3.60. The lowest BCUT2D eigenvalue weighted by Crippen LogP contribution is -2.34. The first-order valence-electron chi connectivity index (χ1n) is 6.65. The van der Waals surface area contributed by atoms with Crippen LogP contribution in [-0.2, 0) is 0 Å². The highest BCUT2D eigenvalue weighted by Gasteiger charge is 2.18. The molecule has 0 aromatic heterocycles. The molecule has 1 aromatic rings. The second-order valence-corrected chi connectivity index (χ2v) is 4.78. The lowest BCUT2D eigenvalue weighted by Gasteiger charge is -2.28. The van der Waals surface area contributed by atoms with Gasteiger partial charge >= 0.3 is 0 Å². The summed E-state index contributed by atoms with van der Waals surface area (Å²) in [6.45, 7) is 9.96. The molecule has 1 aromatic carbocycles. The number of nitrogens with one attached hydrogen (secondary N) is 1. The lowest BCUT2D eigenvalue weighted by molar-refractivity contribution is 0.257. The molecule has 0 bridgehead atoms. The van der Waals surface area contributed by atoms with Crippen LogP contribution in [0.5, 0.6) is 0 Å². The highest BCUT2D eigenvalue weighted by molar-refractivity contribution is 5.19. The van der Waals surface area contributed by atoms with Crippen LogP contribution in [-0.4, -0.2) is 31.6 Å². The molecule has 0 saturated heterocycles. The maximum absolute atomic E-state index is 3.60. The molecule has 0 aliphatic heterocycles. The zero-order valence-electron chi connectivity index (χ0n) is 11.6. The minimum Gasteiger partial charge on any atom is -0.310 e. The Balaban J connectivity index is 2.71. The van der Waals surface area contributed by atoms with Crippen molar-refractivity contribution in [3.63, 3.8) is 0 Å². The summed E-state index contributed by atoms with van der Waals surface area (Å²) in [7, 11) is 2.19. The molecule has 0 saturated carbocycles. The summed E-state index contributed by atoms with van der Waals surface area (Å²) >= 11 is 0. The fraction of sp³-hybridized carbons (Fsp3) is 0.600. The van der Waals surface area contributed by atoms with E-state index in [1.165, 1.54) is 5.56 Å². The topological polar surface area (TPSA) is 15.3 Å². The Morgan fingerprint density at radius 2 is 1.82 bits per heavy atom. The van der Waals surface area contributed by atoms with Crippen molar-refractivity contribution in [3.05, 3.63) is 35.9 Å². The first kappa shape index (κ1) is 14.2. The summed E-state index contributed by atoms with van der Waals surface area (Å²) < 4.78 is 0. The van der Waals surface area contributed by atoms with E-state index in [1.54, 1.807) is 0 Å². The molecule has 96 valence electrons. The molecule has 0 radical (unpaired) electrons. The van der Waals surface area contributed by atoms with Crippen molar-refractivity contribution in [2.75, 3.05) is 26.7 Å². The smallest absolute Gasteiger partial charge is 0.0358 e. The van der Waals surface area contributed by atoms with Gasteiger partial charge in [0.2, 0.25) is 0 Å². The predicted octanol–water partition coefficient (Wildman–Crippen LogP) is 2.93. The van der Waals surface area contributed by atoms with Gasteiger partial charge in [-0.05, 0) is 31.6 Å². The van der Waals surface area contributed by atoms with Gasteiger partial charge in [0, 0.05) is 12.6 Å². The van der Waals surface area contributed by atoms with Gasteiger partial charge in [0.05, 0.1) is 0 Å². The Morgan fingerprint density at radius 3 is 2.35 bits per heavy atom. The predicted molar refractivity (Wildman–Crippen MR) is 75.2 cm³/mol. The quantitative estimate of drug-likeness (QED) is 0.780. The van der Waals surface area contributed by atoms with Crippen molar-refractivity contribution < 1.29 is 0 Å². The van der Waals surface area contributed by atoms with Gasteiger partial charge in [-0.3, -0.25) is 0 Å². The fourth-order valence-electron chi connectivity index (χ4n) is 2.25. The van der Waals surface area contributed by atoms with Crippen LogP contribution in [0.1, 0.15) is 32.4 Å². The summed E-state index contributed by atoms with van der Waals surface area (Å²) in [5.41, 5.74) is 1.39. The van der Waals surface area contributed by atoms with Crippen LogP contribution < -0.4 is 5.32 Å². The minimum atomic E-state index is 0.454. The van der Waals surface area contributed by atoms with E-state index in [4.69, 9.17) is 0 Å². The maximum Gasteiger partial charge on any atom is 0.0358 e. The first-order chi connectivity index (χ1) is 8.19. The van der Waals surface area contributed by atoms with E-state index in [2.05, 4.69) is 68.4 Å². The fourth-order valence-corrected chi connectivity index (χ4v) is 2.25. The molecule has 0 aliphatic carbocycles. The molecular weight excluding hydrogens is 208 g/mol. The molecule has 2 heteroatoms. The third-order valence-corrected chi connectivity index (χ3v) is 3.29. The molecule has 0 amide bonds. The number of rotatable bonds is 7. The van der Waals surface area contributed by atoms with Crippen molar-refractivity contribution in [2.24, 2.45) is 5.92 Å². The van der Waals surface area contributed by atoms with Gasteiger partial charge in [-0.2, -0.15) is 0 Å². The van der Waals surface area contributed by atoms with Gasteiger partial charge in [0.15, 0.2) is 0 Å². The van der Waals surface area contributed by atoms with E-state index in [1.807, 2.05) is 0 Å². The SMILES string of the molecule is CCNC(c1ccccc1)C(C)CN(C)CC. The normalized spacial score (nSPS) is 14.9. The van der Waals surface area contributed by atoms with Gasteiger partial charge in [-0.15, -0.1) is 0 Å². The van der Waals surface area contributed by atoms with Crippen molar-refractivity contribution >= 4 is 0 Å². The first-order valence-corrected chi connectivity index (χ1v) is 6.65. The third kappa shape index (κ3) is 4.49. The van der Waals surface area contributed by atoms with Crippen LogP contribution in [0.15, 0.2) is 30.3 Å². The molecular formula is C15H26N2. The van der Waals surface area contributed by atoms with Crippen LogP contribution in [0.2, 0.25) is 0 Å². The highest BCUT2D eigenvalue weighted by atomic mass is 15.1. The lowest BCUT2D eigenvalue weighted by atomic mass is 9.94. The van der Waals surface area contributed by atoms with Crippen molar-refractivity contribution in [1.29, 1.82) is 0 Å². The van der Waals surface area contributed by atoms with Crippen molar-refractivity contribution in [3.8, 4) is 0 Å². The second-order valence-electron chi connectivity index (χ2n) is 4.78. The monoisotopic (exact) mass is 234 g/mol. The standard InChI is InChI=1S/C15H26N2/c1-5-16-15(13(3)12-17(4)6-2)14-10-8-7-9-11-14/h7-11,13,15-16H,5-6,12H2,1-4H3. The third-order valence-electron chi connectivity index (χ3n) is 3.29. The van der Waals surface area contributed by atoms with Crippen LogP contribution >= 0.6 is 0 Å². The Bertz CT molecular complexity index is 297. The Morgan fingerprint density at radius 1 is 1.18 bits per heavy atom. The van der Waals surface area contributed by atoms with Crippen molar-refractivity contribution in [2.45, 2.75) is 26.8 Å². The molecule has 1 N–H and O–H groups in total. The van der Waals surface area contributed by atoms with Gasteiger partial charge < -0.3 is 10.2 Å². The van der Waals surface area contributed by atoms with E-state index >= 15 is 0 Å². The van der Waals surface area contributed by atoms with E-state index in [0.717, 1.165) is 19.6 Å². The summed E-state index contributed by atoms with van der Waals surface area (Å²) in [5.74, 6) is 0.613.